The molecule has 0 N–H and O–H groups in total. The van der Waals surface area contributed by atoms with Crippen molar-refractivity contribution in [1.82, 2.24) is 8.87 Å². The Labute approximate surface area is 219 Å². The standard InChI is InChI=1S/C31H35FN2O2S/c1-22(2)20-24-10-14-28(15-11-24)37(35,36)33-18-16-26(17-19-33)31-23(3)34(30-7-5-4-6-29(30)31)21-25-8-12-27(32)13-9-25/h4-15,22,26H,16-21H2,1-3H3. The van der Waals surface area contributed by atoms with Crippen LogP contribution in [0.1, 0.15) is 55.0 Å². The average Bonchev–Trinajstić information content (AvgIpc) is 3.16. The van der Waals surface area contributed by atoms with Gasteiger partial charge in [-0.3, -0.25) is 0 Å². The van der Waals surface area contributed by atoms with Crippen LogP contribution in [0.4, 0.5) is 4.39 Å². The molecule has 0 unspecified atom stereocenters. The Morgan fingerprint density at radius 3 is 2.16 bits per heavy atom. The molecule has 1 fully saturated rings. The van der Waals surface area contributed by atoms with Crippen LogP contribution < -0.4 is 0 Å². The van der Waals surface area contributed by atoms with E-state index in [1.54, 1.807) is 16.4 Å². The second-order valence-electron chi connectivity index (χ2n) is 10.6. The maximum Gasteiger partial charge on any atom is 0.243 e. The maximum absolute atomic E-state index is 13.4. The summed E-state index contributed by atoms with van der Waals surface area (Å²) in [5.74, 6) is 0.595. The van der Waals surface area contributed by atoms with Gasteiger partial charge in [-0.1, -0.05) is 56.3 Å². The third-order valence-corrected chi connectivity index (χ3v) is 9.51. The van der Waals surface area contributed by atoms with Crippen molar-refractivity contribution in [3.05, 3.63) is 101 Å². The molecule has 1 aromatic heterocycles. The van der Waals surface area contributed by atoms with Crippen LogP contribution in [0.3, 0.4) is 0 Å². The highest BCUT2D eigenvalue weighted by atomic mass is 32.2. The summed E-state index contributed by atoms with van der Waals surface area (Å²) in [5.41, 5.74) is 5.90. The Morgan fingerprint density at radius 2 is 1.51 bits per heavy atom. The van der Waals surface area contributed by atoms with Crippen molar-refractivity contribution in [3.8, 4) is 0 Å². The molecule has 0 amide bonds. The Bertz CT molecular complexity index is 1480. The molecule has 4 aromatic rings. The molecule has 2 heterocycles. The first-order chi connectivity index (χ1) is 17.7. The van der Waals surface area contributed by atoms with Crippen molar-refractivity contribution in [1.29, 1.82) is 0 Å². The zero-order valence-corrected chi connectivity index (χ0v) is 22.6. The van der Waals surface area contributed by atoms with Crippen LogP contribution in [0.2, 0.25) is 0 Å². The van der Waals surface area contributed by atoms with E-state index in [4.69, 9.17) is 0 Å². The molecule has 37 heavy (non-hydrogen) atoms. The summed E-state index contributed by atoms with van der Waals surface area (Å²) in [5, 5.41) is 1.23. The fraction of sp³-hybridized carbons (Fsp3) is 0.355. The minimum absolute atomic E-state index is 0.230. The zero-order valence-electron chi connectivity index (χ0n) is 21.8. The van der Waals surface area contributed by atoms with E-state index in [2.05, 4.69) is 43.5 Å². The molecule has 194 valence electrons. The fourth-order valence-electron chi connectivity index (χ4n) is 5.75. The fourth-order valence-corrected chi connectivity index (χ4v) is 7.22. The summed E-state index contributed by atoms with van der Waals surface area (Å²) in [6, 6.07) is 22.5. The molecule has 1 aliphatic rings. The monoisotopic (exact) mass is 518 g/mol. The summed E-state index contributed by atoms with van der Waals surface area (Å²) in [7, 11) is -3.51. The van der Waals surface area contributed by atoms with E-state index in [9.17, 15) is 12.8 Å². The van der Waals surface area contributed by atoms with E-state index < -0.39 is 10.0 Å². The molecule has 0 aliphatic carbocycles. The lowest BCUT2D eigenvalue weighted by Gasteiger charge is -2.31. The summed E-state index contributed by atoms with van der Waals surface area (Å²) < 4.78 is 44.1. The van der Waals surface area contributed by atoms with Crippen LogP contribution in [0.5, 0.6) is 0 Å². The van der Waals surface area contributed by atoms with Gasteiger partial charge >= 0.3 is 0 Å². The van der Waals surface area contributed by atoms with Gasteiger partial charge in [0, 0.05) is 36.2 Å². The lowest BCUT2D eigenvalue weighted by molar-refractivity contribution is 0.319. The van der Waals surface area contributed by atoms with Gasteiger partial charge in [-0.2, -0.15) is 4.31 Å². The van der Waals surface area contributed by atoms with Gasteiger partial charge in [-0.05, 0) is 85.0 Å². The third-order valence-electron chi connectivity index (χ3n) is 7.60. The van der Waals surface area contributed by atoms with E-state index in [1.807, 2.05) is 30.3 Å². The Morgan fingerprint density at radius 1 is 0.892 bits per heavy atom. The molecule has 0 atom stereocenters. The molecule has 5 rings (SSSR count). The SMILES string of the molecule is Cc1c(C2CCN(S(=O)(=O)c3ccc(CC(C)C)cc3)CC2)c2ccccc2n1Cc1ccc(F)cc1. The van der Waals surface area contributed by atoms with Gasteiger partial charge in [0.05, 0.1) is 4.90 Å². The first-order valence-corrected chi connectivity index (χ1v) is 14.6. The maximum atomic E-state index is 13.4. The molecular formula is C31H35FN2O2S. The van der Waals surface area contributed by atoms with Crippen LogP contribution in [0.15, 0.2) is 77.7 Å². The smallest absolute Gasteiger partial charge is 0.243 e. The lowest BCUT2D eigenvalue weighted by atomic mass is 9.88. The van der Waals surface area contributed by atoms with Crippen molar-refractivity contribution in [3.63, 3.8) is 0 Å². The van der Waals surface area contributed by atoms with Crippen LogP contribution in [0.25, 0.3) is 10.9 Å². The Kier molecular flexibility index (Phi) is 7.24. The second-order valence-corrected chi connectivity index (χ2v) is 12.6. The first-order valence-electron chi connectivity index (χ1n) is 13.2. The molecule has 0 bridgehead atoms. The van der Waals surface area contributed by atoms with Crippen molar-refractivity contribution in [2.24, 2.45) is 5.92 Å². The van der Waals surface area contributed by atoms with Crippen molar-refractivity contribution in [2.45, 2.75) is 57.4 Å². The molecule has 1 aliphatic heterocycles. The number of aromatic nitrogens is 1. The normalized spacial score (nSPS) is 15.6. The Balaban J connectivity index is 1.36. The minimum atomic E-state index is -3.51. The first kappa shape index (κ1) is 25.7. The van der Waals surface area contributed by atoms with Gasteiger partial charge in [-0.15, -0.1) is 0 Å². The number of para-hydroxylation sites is 1. The quantitative estimate of drug-likeness (QED) is 0.267. The molecule has 6 heteroatoms. The Hall–Kier alpha value is -2.96. The predicted molar refractivity (Wildman–Crippen MR) is 148 cm³/mol. The van der Waals surface area contributed by atoms with Crippen molar-refractivity contribution in [2.75, 3.05) is 13.1 Å². The zero-order chi connectivity index (χ0) is 26.2. The molecule has 1 saturated heterocycles. The van der Waals surface area contributed by atoms with Gasteiger partial charge < -0.3 is 4.57 Å². The van der Waals surface area contributed by atoms with E-state index in [0.717, 1.165) is 30.3 Å². The predicted octanol–water partition coefficient (Wildman–Crippen LogP) is 6.90. The average molecular weight is 519 g/mol. The number of rotatable bonds is 7. The van der Waals surface area contributed by atoms with Crippen LogP contribution in [-0.4, -0.2) is 30.4 Å². The number of hydrogen-bond acceptors (Lipinski definition) is 2. The molecule has 0 spiro atoms. The number of benzene rings is 3. The van der Waals surface area contributed by atoms with Crippen LogP contribution in [0, 0.1) is 18.7 Å². The number of halogens is 1. The summed E-state index contributed by atoms with van der Waals surface area (Å²) in [6.45, 7) is 8.18. The third kappa shape index (κ3) is 5.23. The van der Waals surface area contributed by atoms with E-state index in [1.165, 1.54) is 34.3 Å². The van der Waals surface area contributed by atoms with Crippen LogP contribution >= 0.6 is 0 Å². The highest BCUT2D eigenvalue weighted by Crippen LogP contribution is 2.38. The van der Waals surface area contributed by atoms with Gasteiger partial charge in [-0.25, -0.2) is 12.8 Å². The summed E-state index contributed by atoms with van der Waals surface area (Å²) in [6.07, 6.45) is 2.52. The molecular weight excluding hydrogens is 483 g/mol. The number of piperidine rings is 1. The molecule has 0 radical (unpaired) electrons. The topological polar surface area (TPSA) is 42.3 Å². The van der Waals surface area contributed by atoms with E-state index in [0.29, 0.717) is 36.4 Å². The number of fused-ring (bicyclic) bond motifs is 1. The number of hydrogen-bond donors (Lipinski definition) is 0. The van der Waals surface area contributed by atoms with Gasteiger partial charge in [0.25, 0.3) is 0 Å². The number of nitrogens with zero attached hydrogens (tertiary/aromatic N) is 2. The molecule has 4 nitrogen and oxygen atoms in total. The minimum Gasteiger partial charge on any atom is -0.340 e. The van der Waals surface area contributed by atoms with Gasteiger partial charge in [0.15, 0.2) is 0 Å². The molecule has 0 saturated carbocycles. The van der Waals surface area contributed by atoms with Crippen LogP contribution in [-0.2, 0) is 23.0 Å². The summed E-state index contributed by atoms with van der Waals surface area (Å²) in [4.78, 5) is 0.380. The van der Waals surface area contributed by atoms with E-state index in [-0.39, 0.29) is 5.82 Å². The summed E-state index contributed by atoms with van der Waals surface area (Å²) >= 11 is 0. The van der Waals surface area contributed by atoms with E-state index >= 15 is 0 Å². The van der Waals surface area contributed by atoms with Crippen molar-refractivity contribution < 1.29 is 12.8 Å². The molecule has 3 aromatic carbocycles. The highest BCUT2D eigenvalue weighted by Gasteiger charge is 2.32. The van der Waals surface area contributed by atoms with Crippen molar-refractivity contribution >= 4 is 20.9 Å². The van der Waals surface area contributed by atoms with Gasteiger partial charge in [0.2, 0.25) is 10.0 Å². The largest absolute Gasteiger partial charge is 0.340 e. The van der Waals surface area contributed by atoms with Gasteiger partial charge in [0.1, 0.15) is 5.82 Å². The number of sulfonamides is 1. The lowest BCUT2D eigenvalue weighted by Crippen LogP contribution is -2.38. The second kappa shape index (κ2) is 10.4. The highest BCUT2D eigenvalue weighted by molar-refractivity contribution is 7.89.